The standard InChI is InChI=1S/C17H21ClN4O2/c1-21(17(23)8-7-14-11-15(18)20-24-14)13-5-4-10-22(12-13)16-6-2-3-9-19-16/h2-3,6,9,11,13H,4-5,7-8,10,12H2,1H3. The van der Waals surface area contributed by atoms with Gasteiger partial charge in [0.05, 0.1) is 0 Å². The molecule has 0 saturated carbocycles. The van der Waals surface area contributed by atoms with Gasteiger partial charge in [0.15, 0.2) is 5.15 Å². The highest BCUT2D eigenvalue weighted by Crippen LogP contribution is 2.21. The second-order valence-electron chi connectivity index (χ2n) is 6.05. The first kappa shape index (κ1) is 16.8. The normalized spacial score (nSPS) is 17.8. The van der Waals surface area contributed by atoms with Crippen molar-refractivity contribution in [2.45, 2.75) is 31.7 Å². The molecule has 0 aliphatic carbocycles. The van der Waals surface area contributed by atoms with Gasteiger partial charge in [0.2, 0.25) is 5.91 Å². The number of hydrogen-bond acceptors (Lipinski definition) is 5. The van der Waals surface area contributed by atoms with Crippen LogP contribution in [0.2, 0.25) is 5.15 Å². The van der Waals surface area contributed by atoms with E-state index in [4.69, 9.17) is 16.1 Å². The number of likely N-dealkylation sites (N-methyl/N-ethyl adjacent to an activating group) is 1. The zero-order valence-corrected chi connectivity index (χ0v) is 14.4. The maximum absolute atomic E-state index is 12.5. The molecule has 1 atom stereocenters. The lowest BCUT2D eigenvalue weighted by Gasteiger charge is -2.38. The molecule has 1 aliphatic rings. The lowest BCUT2D eigenvalue weighted by Crippen LogP contribution is -2.48. The molecule has 2 aromatic heterocycles. The van der Waals surface area contributed by atoms with E-state index in [-0.39, 0.29) is 11.9 Å². The van der Waals surface area contributed by atoms with Gasteiger partial charge in [-0.3, -0.25) is 4.79 Å². The van der Waals surface area contributed by atoms with Crippen LogP contribution in [0, 0.1) is 0 Å². The molecular weight excluding hydrogens is 328 g/mol. The summed E-state index contributed by atoms with van der Waals surface area (Å²) in [7, 11) is 1.88. The van der Waals surface area contributed by atoms with E-state index >= 15 is 0 Å². The minimum Gasteiger partial charge on any atom is -0.360 e. The van der Waals surface area contributed by atoms with E-state index in [2.05, 4.69) is 15.0 Å². The monoisotopic (exact) mass is 348 g/mol. The molecule has 1 aliphatic heterocycles. The fourth-order valence-electron chi connectivity index (χ4n) is 3.04. The second-order valence-corrected chi connectivity index (χ2v) is 6.44. The quantitative estimate of drug-likeness (QED) is 0.831. The summed E-state index contributed by atoms with van der Waals surface area (Å²) in [5.74, 6) is 1.72. The molecule has 3 heterocycles. The number of pyridine rings is 1. The summed E-state index contributed by atoms with van der Waals surface area (Å²) in [5.41, 5.74) is 0. The van der Waals surface area contributed by atoms with Crippen LogP contribution >= 0.6 is 11.6 Å². The van der Waals surface area contributed by atoms with Crippen LogP contribution in [0.15, 0.2) is 35.0 Å². The van der Waals surface area contributed by atoms with E-state index in [1.165, 1.54) is 0 Å². The average molecular weight is 349 g/mol. The first-order valence-electron chi connectivity index (χ1n) is 8.16. The molecule has 0 radical (unpaired) electrons. The molecule has 7 heteroatoms. The summed E-state index contributed by atoms with van der Waals surface area (Å²) < 4.78 is 5.05. The lowest BCUT2D eigenvalue weighted by atomic mass is 10.0. The zero-order chi connectivity index (χ0) is 16.9. The van der Waals surface area contributed by atoms with Crippen molar-refractivity contribution >= 4 is 23.3 Å². The molecule has 1 amide bonds. The minimum absolute atomic E-state index is 0.107. The Balaban J connectivity index is 1.55. The number of aryl methyl sites for hydroxylation is 1. The number of halogens is 1. The molecule has 0 aromatic carbocycles. The molecule has 128 valence electrons. The molecule has 6 nitrogen and oxygen atoms in total. The molecular formula is C17H21ClN4O2. The number of carbonyl (C=O) groups excluding carboxylic acids is 1. The lowest BCUT2D eigenvalue weighted by molar-refractivity contribution is -0.132. The van der Waals surface area contributed by atoms with E-state index in [9.17, 15) is 4.79 Å². The molecule has 0 spiro atoms. The van der Waals surface area contributed by atoms with Gasteiger partial charge in [-0.25, -0.2) is 4.98 Å². The van der Waals surface area contributed by atoms with Gasteiger partial charge in [0.25, 0.3) is 0 Å². The van der Waals surface area contributed by atoms with Crippen molar-refractivity contribution in [3.8, 4) is 0 Å². The van der Waals surface area contributed by atoms with Crippen molar-refractivity contribution in [2.24, 2.45) is 0 Å². The van der Waals surface area contributed by atoms with Crippen LogP contribution in [-0.4, -0.2) is 47.1 Å². The number of piperidine rings is 1. The van der Waals surface area contributed by atoms with E-state index in [1.54, 1.807) is 12.3 Å². The number of anilines is 1. The van der Waals surface area contributed by atoms with Gasteiger partial charge in [-0.2, -0.15) is 0 Å². The van der Waals surface area contributed by atoms with Gasteiger partial charge in [-0.05, 0) is 25.0 Å². The summed E-state index contributed by atoms with van der Waals surface area (Å²) >= 11 is 5.72. The van der Waals surface area contributed by atoms with Crippen LogP contribution in [0.5, 0.6) is 0 Å². The molecule has 0 N–H and O–H groups in total. The fourth-order valence-corrected chi connectivity index (χ4v) is 3.19. The summed E-state index contributed by atoms with van der Waals surface area (Å²) in [6, 6.07) is 7.77. The molecule has 0 bridgehead atoms. The van der Waals surface area contributed by atoms with Gasteiger partial charge >= 0.3 is 0 Å². The summed E-state index contributed by atoms with van der Waals surface area (Å²) in [4.78, 5) is 21.0. The minimum atomic E-state index is 0.107. The van der Waals surface area contributed by atoms with Gasteiger partial charge in [0, 0.05) is 51.3 Å². The summed E-state index contributed by atoms with van der Waals surface area (Å²) in [6.45, 7) is 1.79. The molecule has 1 fully saturated rings. The van der Waals surface area contributed by atoms with Crippen LogP contribution in [0.25, 0.3) is 0 Å². The third kappa shape index (κ3) is 4.06. The van der Waals surface area contributed by atoms with Crippen molar-refractivity contribution in [3.05, 3.63) is 41.4 Å². The van der Waals surface area contributed by atoms with E-state index in [1.807, 2.05) is 30.1 Å². The predicted octanol–water partition coefficient (Wildman–Crippen LogP) is 2.78. The third-order valence-corrected chi connectivity index (χ3v) is 4.60. The Morgan fingerprint density at radius 1 is 1.50 bits per heavy atom. The Kier molecular flexibility index (Phi) is 5.35. The molecule has 2 aromatic rings. The number of hydrogen-bond donors (Lipinski definition) is 0. The Morgan fingerprint density at radius 3 is 3.08 bits per heavy atom. The van der Waals surface area contributed by atoms with Crippen LogP contribution in [0.3, 0.4) is 0 Å². The third-order valence-electron chi connectivity index (χ3n) is 4.43. The SMILES string of the molecule is CN(C(=O)CCc1cc(Cl)no1)C1CCCN(c2ccccn2)C1. The summed E-state index contributed by atoms with van der Waals surface area (Å²) in [5, 5.41) is 3.95. The number of amides is 1. The van der Waals surface area contributed by atoms with E-state index in [0.717, 1.165) is 31.7 Å². The maximum Gasteiger partial charge on any atom is 0.223 e. The van der Waals surface area contributed by atoms with Crippen molar-refractivity contribution in [1.29, 1.82) is 0 Å². The number of aromatic nitrogens is 2. The molecule has 1 saturated heterocycles. The Bertz CT molecular complexity index is 676. The highest BCUT2D eigenvalue weighted by Gasteiger charge is 2.26. The Hall–Kier alpha value is -2.08. The Labute approximate surface area is 146 Å². The van der Waals surface area contributed by atoms with Crippen molar-refractivity contribution < 1.29 is 9.32 Å². The van der Waals surface area contributed by atoms with Crippen LogP contribution in [0.4, 0.5) is 5.82 Å². The van der Waals surface area contributed by atoms with Crippen molar-refractivity contribution in [3.63, 3.8) is 0 Å². The van der Waals surface area contributed by atoms with Crippen molar-refractivity contribution in [2.75, 3.05) is 25.0 Å². The first-order valence-corrected chi connectivity index (χ1v) is 8.54. The van der Waals surface area contributed by atoms with Gasteiger partial charge in [-0.1, -0.05) is 22.8 Å². The predicted molar refractivity (Wildman–Crippen MR) is 92.1 cm³/mol. The van der Waals surface area contributed by atoms with Crippen LogP contribution in [0.1, 0.15) is 25.0 Å². The van der Waals surface area contributed by atoms with E-state index < -0.39 is 0 Å². The fraction of sp³-hybridized carbons (Fsp3) is 0.471. The molecule has 1 unspecified atom stereocenters. The highest BCUT2D eigenvalue weighted by molar-refractivity contribution is 6.29. The van der Waals surface area contributed by atoms with Crippen LogP contribution in [-0.2, 0) is 11.2 Å². The molecule has 3 rings (SSSR count). The topological polar surface area (TPSA) is 62.5 Å². The van der Waals surface area contributed by atoms with Crippen molar-refractivity contribution in [1.82, 2.24) is 15.0 Å². The Morgan fingerprint density at radius 2 is 2.38 bits per heavy atom. The highest BCUT2D eigenvalue weighted by atomic mass is 35.5. The second kappa shape index (κ2) is 7.66. The van der Waals surface area contributed by atoms with E-state index in [0.29, 0.717) is 23.8 Å². The van der Waals surface area contributed by atoms with Crippen LogP contribution < -0.4 is 4.90 Å². The smallest absolute Gasteiger partial charge is 0.223 e. The van der Waals surface area contributed by atoms with Gasteiger partial charge in [0.1, 0.15) is 11.6 Å². The number of nitrogens with zero attached hydrogens (tertiary/aromatic N) is 4. The largest absolute Gasteiger partial charge is 0.360 e. The van der Waals surface area contributed by atoms with Gasteiger partial charge < -0.3 is 14.3 Å². The number of carbonyl (C=O) groups is 1. The molecule has 24 heavy (non-hydrogen) atoms. The van der Waals surface area contributed by atoms with Gasteiger partial charge in [-0.15, -0.1) is 0 Å². The maximum atomic E-state index is 12.5. The zero-order valence-electron chi connectivity index (χ0n) is 13.7. The average Bonchev–Trinajstić information content (AvgIpc) is 3.05. The first-order chi connectivity index (χ1) is 11.6. The summed E-state index contributed by atoms with van der Waals surface area (Å²) in [6.07, 6.45) is 4.77. The number of rotatable bonds is 5.